The summed E-state index contributed by atoms with van der Waals surface area (Å²) in [5.41, 5.74) is 0.102. The summed E-state index contributed by atoms with van der Waals surface area (Å²) in [5.74, 6) is -12.4. The van der Waals surface area contributed by atoms with Crippen LogP contribution in [-0.4, -0.2) is 263 Å². The van der Waals surface area contributed by atoms with Crippen LogP contribution in [0.5, 0.6) is 23.0 Å². The average Bonchev–Trinajstić information content (AvgIpc) is 1.66. The van der Waals surface area contributed by atoms with Crippen LogP contribution in [0, 0.1) is 7.14 Å². The van der Waals surface area contributed by atoms with Crippen LogP contribution in [0.2, 0.25) is 0 Å². The Kier molecular flexibility index (Phi) is 42.0. The van der Waals surface area contributed by atoms with Crippen molar-refractivity contribution in [3.05, 3.63) is 120 Å². The molecule has 5 aliphatic heterocycles. The molecule has 11 heterocycles. The van der Waals surface area contributed by atoms with Crippen molar-refractivity contribution in [3.63, 3.8) is 0 Å². The van der Waals surface area contributed by atoms with Crippen molar-refractivity contribution in [2.24, 2.45) is 0 Å². The van der Waals surface area contributed by atoms with Crippen molar-refractivity contribution in [1.29, 1.82) is 0 Å². The molecular weight excluding hydrogens is 2310 g/mol. The van der Waals surface area contributed by atoms with Gasteiger partial charge in [0.05, 0.1) is 18.3 Å². The van der Waals surface area contributed by atoms with Gasteiger partial charge in [-0.15, -0.1) is 68.0 Å². The summed E-state index contributed by atoms with van der Waals surface area (Å²) in [7, 11) is -0.247. The quantitative estimate of drug-likeness (QED) is 0.0156. The van der Waals surface area contributed by atoms with E-state index in [0.29, 0.717) is 28.0 Å². The van der Waals surface area contributed by atoms with Crippen LogP contribution in [0.1, 0.15) is 138 Å². The monoisotopic (exact) mass is 2410 g/mol. The van der Waals surface area contributed by atoms with Crippen LogP contribution in [0.4, 0.5) is 0 Å². The van der Waals surface area contributed by atoms with E-state index >= 15 is 0 Å². The van der Waals surface area contributed by atoms with Crippen molar-refractivity contribution < 1.29 is 200 Å². The van der Waals surface area contributed by atoms with Crippen LogP contribution < -0.4 is 23.7 Å². The number of ether oxygens (including phenoxy) is 24. The largest absolute Gasteiger partial charge is 0.505 e. The summed E-state index contributed by atoms with van der Waals surface area (Å²) in [5, 5.41) is 5.95. The van der Waals surface area contributed by atoms with Gasteiger partial charge in [-0.05, 0) is 162 Å². The first-order valence-corrected chi connectivity index (χ1v) is 52.9. The molecular formula is C98H107BI2O42S6. The van der Waals surface area contributed by atoms with E-state index in [4.69, 9.17) is 123 Å². The molecule has 51 heteroatoms. The van der Waals surface area contributed by atoms with E-state index in [0.717, 1.165) is 135 Å². The van der Waals surface area contributed by atoms with Crippen molar-refractivity contribution in [1.82, 2.24) is 0 Å². The van der Waals surface area contributed by atoms with Crippen molar-refractivity contribution >= 4 is 221 Å². The maximum Gasteiger partial charge on any atom is 0.505 e. The van der Waals surface area contributed by atoms with Gasteiger partial charge in [-0.1, -0.05) is 24.3 Å². The summed E-state index contributed by atoms with van der Waals surface area (Å²) < 4.78 is 153. The maximum absolute atomic E-state index is 12.9. The zero-order valence-corrected chi connectivity index (χ0v) is 93.0. The van der Waals surface area contributed by atoms with Gasteiger partial charge in [-0.25, -0.2) is 0 Å². The van der Waals surface area contributed by atoms with Gasteiger partial charge in [0.2, 0.25) is 49.6 Å². The highest BCUT2D eigenvalue weighted by molar-refractivity contribution is 14.1. The van der Waals surface area contributed by atoms with Gasteiger partial charge in [0, 0.05) is 166 Å². The Bertz CT molecular complexity index is 5790. The molecule has 5 saturated heterocycles. The molecule has 8 aromatic rings. The highest BCUT2D eigenvalue weighted by atomic mass is 127. The SMILES string of the molecule is CC(=O)OCC1O[C@@H](Oc2cc(-c3ccc(-c4cccs4)s3)c(O[C@@H]3OC(COC(C)=O)[C@H](OC(C)=O)[C@H](OC(C)=O)C3OC(C)=O)cc2-c2ccc(-c3cccs3)s2)C(OC(C)=O)[C@@H](OC(C)=O)[C@@H]1OC(C)=O.CC(=O)OCC1O[C@@H](Oc2cc(I)c(O[C@@H]3OC(COC(C)=O)[C@H](OC(C)=O)[C@@H](OC(C)=O)C3OC(C)=O)cc2I)C(OC(C)=O)[C@@H](OC(C)=O)[C@@H]1OC(C)=O.CC1(C)OB(c2ccc(-c3cccs3)s2)OC1(C)C. The van der Waals surface area contributed by atoms with Crippen molar-refractivity contribution in [2.45, 2.75) is 273 Å². The predicted octanol–water partition coefficient (Wildman–Crippen LogP) is 13.1. The number of esters is 16. The van der Waals surface area contributed by atoms with Gasteiger partial charge in [0.1, 0.15) is 73.8 Å². The summed E-state index contributed by atoms with van der Waals surface area (Å²) in [6.07, 6.45) is -29.8. The fraction of sp³-hybridized carbons (Fsp3) is 0.469. The molecule has 804 valence electrons. The number of halogens is 2. The zero-order chi connectivity index (χ0) is 109. The Hall–Kier alpha value is -11.4. The first-order valence-electron chi connectivity index (χ1n) is 45.6. The number of thiophene rings is 6. The molecule has 20 atom stereocenters. The Morgan fingerprint density at radius 2 is 0.490 bits per heavy atom. The molecule has 5 aliphatic rings. The summed E-state index contributed by atoms with van der Waals surface area (Å²) in [4.78, 5) is 205. The number of carbonyl (C=O) groups is 16. The number of hydrogen-bond donors (Lipinski definition) is 0. The molecule has 42 nitrogen and oxygen atoms in total. The van der Waals surface area contributed by atoms with E-state index in [1.807, 2.05) is 104 Å². The third-order valence-corrected chi connectivity index (χ3v) is 30.2. The van der Waals surface area contributed by atoms with E-state index < -0.39 is 245 Å². The van der Waals surface area contributed by atoms with Crippen LogP contribution in [-0.2, 0) is 181 Å². The average molecular weight is 2410 g/mol. The molecule has 149 heavy (non-hydrogen) atoms. The van der Waals surface area contributed by atoms with Crippen LogP contribution in [0.3, 0.4) is 0 Å². The van der Waals surface area contributed by atoms with E-state index in [-0.39, 0.29) is 41.3 Å². The number of carbonyl (C=O) groups excluding carboxylic acids is 16. The lowest BCUT2D eigenvalue weighted by atomic mass is 9.88. The van der Waals surface area contributed by atoms with Gasteiger partial charge >= 0.3 is 103 Å². The first kappa shape index (κ1) is 118. The van der Waals surface area contributed by atoms with E-state index in [1.165, 1.54) is 67.2 Å². The van der Waals surface area contributed by atoms with Gasteiger partial charge in [-0.2, -0.15) is 0 Å². The summed E-state index contributed by atoms with van der Waals surface area (Å²) in [6, 6.07) is 29.8. The minimum atomic E-state index is -1.67. The van der Waals surface area contributed by atoms with E-state index in [2.05, 4.69) is 57.3 Å². The topological polar surface area (TPSA) is 513 Å². The minimum absolute atomic E-state index is 0.0699. The zero-order valence-electron chi connectivity index (χ0n) is 83.8. The predicted molar refractivity (Wildman–Crippen MR) is 545 cm³/mol. The number of benzene rings is 2. The molecule has 0 bridgehead atoms. The Balaban J connectivity index is 0.000000245. The molecule has 0 radical (unpaired) electrons. The van der Waals surface area contributed by atoms with E-state index in [9.17, 15) is 76.7 Å². The maximum atomic E-state index is 12.9. The standard InChI is InChI=1S/C50H50O20S4.C34H40I2O20.C14H17BO2S2/c1-23(51)59-21-35-43(61-25(3)53)45(63-27(5)55)47(65-29(7)57)49(69-35)67-33-19-32(38-14-16-42(74-38)40-12-10-18-72-40)34(20-31(33)37-13-15-41(73-37)39-11-9-17-71-39)68-50-48(66-30(8)58)46(64-28(6)56)44(62-26(4)54)36(70-50)22-60-24(2)52;1-13(37)45-11-25-27(47-15(3)39)29(49-17(5)41)31(51-19(7)43)33(55-25)53-23-9-22(36)24(10-21(23)35)54-34-32(52-20(8)44)30(50-18(6)42)28(48-16(4)40)26(56-34)12-46-14(2)38;1-13(2)14(3,4)17-15(16-13)12-8-7-11(19-12)10-6-5-9-18-10/h9-20,35-36,43-50H,21-22H2,1-8H3;9-10,25-34H,11-12H2,1-8H3;5-9H,1-4H3/t35?,36?,43-,44+,45-,46-,47?,48?,49+,50+;25?,26?,27-,28+,29+,30-,31?,32?,33-,34-;/m01./s1. The molecule has 5 fully saturated rings. The fourth-order valence-electron chi connectivity index (χ4n) is 15.5. The fourth-order valence-corrected chi connectivity index (χ4v) is 22.2. The molecule has 0 aliphatic carbocycles. The summed E-state index contributed by atoms with van der Waals surface area (Å²) in [6.45, 7) is 24.1. The molecule has 0 spiro atoms. The molecule has 0 N–H and O–H groups in total. The van der Waals surface area contributed by atoms with Crippen molar-refractivity contribution in [2.75, 3.05) is 26.4 Å². The number of rotatable bonds is 34. The number of hydrogen-bond acceptors (Lipinski definition) is 48. The molecule has 6 aromatic heterocycles. The second-order valence-electron chi connectivity index (χ2n) is 34.3. The normalized spacial score (nSPS) is 24.4. The lowest BCUT2D eigenvalue weighted by molar-refractivity contribution is -0.289. The molecule has 2 aromatic carbocycles. The second-order valence-corrected chi connectivity index (χ2v) is 42.8. The van der Waals surface area contributed by atoms with Gasteiger partial charge in [0.15, 0.2) is 48.8 Å². The third-order valence-electron chi connectivity index (χ3n) is 22.0. The van der Waals surface area contributed by atoms with Crippen molar-refractivity contribution in [3.8, 4) is 73.1 Å². The third kappa shape index (κ3) is 32.6. The Morgan fingerprint density at radius 1 is 0.268 bits per heavy atom. The lowest BCUT2D eigenvalue weighted by Gasteiger charge is -2.44. The van der Waals surface area contributed by atoms with Gasteiger partial charge in [0.25, 0.3) is 0 Å². The van der Waals surface area contributed by atoms with Gasteiger partial charge < -0.3 is 123 Å². The minimum Gasteiger partial charge on any atom is -0.463 e. The summed E-state index contributed by atoms with van der Waals surface area (Å²) >= 11 is 13.0. The Labute approximate surface area is 905 Å². The first-order chi connectivity index (χ1) is 70.3. The van der Waals surface area contributed by atoms with E-state index in [1.54, 1.807) is 34.8 Å². The van der Waals surface area contributed by atoms with Gasteiger partial charge in [-0.3, -0.25) is 76.7 Å². The lowest BCUT2D eigenvalue weighted by Crippen LogP contribution is -2.63. The molecule has 0 amide bonds. The smallest absolute Gasteiger partial charge is 0.463 e. The molecule has 13 rings (SSSR count). The van der Waals surface area contributed by atoms with Crippen LogP contribution in [0.25, 0.3) is 50.1 Å². The van der Waals surface area contributed by atoms with Crippen LogP contribution >= 0.6 is 113 Å². The highest BCUT2D eigenvalue weighted by Crippen LogP contribution is 2.51. The molecule has 0 saturated carbocycles. The van der Waals surface area contributed by atoms with Crippen LogP contribution in [0.15, 0.2) is 113 Å². The Morgan fingerprint density at radius 3 is 0.725 bits per heavy atom. The highest BCUT2D eigenvalue weighted by Gasteiger charge is 2.60. The molecule has 8 unspecified atom stereocenters. The second kappa shape index (κ2) is 53.1.